The van der Waals surface area contributed by atoms with Crippen molar-refractivity contribution < 1.29 is 24.2 Å². The molecule has 0 radical (unpaired) electrons. The Bertz CT molecular complexity index is 1050. The smallest absolute Gasteiger partial charge is 0.407 e. The van der Waals surface area contributed by atoms with E-state index >= 15 is 0 Å². The zero-order valence-electron chi connectivity index (χ0n) is 20.4. The molecule has 0 aromatic heterocycles. The predicted molar refractivity (Wildman–Crippen MR) is 133 cm³/mol. The van der Waals surface area contributed by atoms with Gasteiger partial charge in [0.1, 0.15) is 6.61 Å². The number of aliphatic carboxylic acids is 1. The van der Waals surface area contributed by atoms with Gasteiger partial charge in [-0.2, -0.15) is 0 Å². The first-order valence-corrected chi connectivity index (χ1v) is 12.4. The van der Waals surface area contributed by atoms with E-state index in [0.717, 1.165) is 24.0 Å². The third-order valence-electron chi connectivity index (χ3n) is 7.34. The highest BCUT2D eigenvalue weighted by molar-refractivity contribution is 5.82. The second-order valence-corrected chi connectivity index (χ2v) is 10.3. The third kappa shape index (κ3) is 5.66. The number of alkyl carbamates (subject to hydrolysis) is 1. The summed E-state index contributed by atoms with van der Waals surface area (Å²) in [5, 5.41) is 15.1. The predicted octanol–water partition coefficient (Wildman–Crippen LogP) is 4.70. The van der Waals surface area contributed by atoms with Crippen LogP contribution in [0.1, 0.15) is 63.0 Å². The van der Waals surface area contributed by atoms with Gasteiger partial charge in [-0.05, 0) is 47.9 Å². The molecule has 0 spiro atoms. The molecule has 0 saturated heterocycles. The van der Waals surface area contributed by atoms with Crippen molar-refractivity contribution >= 4 is 18.0 Å². The van der Waals surface area contributed by atoms with E-state index in [1.54, 1.807) is 0 Å². The molecular formula is C28H34N2O5. The average Bonchev–Trinajstić information content (AvgIpc) is 3.16. The molecule has 7 nitrogen and oxygen atoms in total. The zero-order chi connectivity index (χ0) is 25.0. The second-order valence-electron chi connectivity index (χ2n) is 10.3. The van der Waals surface area contributed by atoms with Crippen molar-refractivity contribution in [1.29, 1.82) is 0 Å². The second kappa shape index (κ2) is 10.5. The highest BCUT2D eigenvalue weighted by Crippen LogP contribution is 2.44. The first-order chi connectivity index (χ1) is 16.8. The molecular weight excluding hydrogens is 444 g/mol. The molecule has 2 amide bonds. The van der Waals surface area contributed by atoms with Crippen LogP contribution in [0.3, 0.4) is 0 Å². The van der Waals surface area contributed by atoms with E-state index in [1.165, 1.54) is 11.1 Å². The lowest BCUT2D eigenvalue weighted by atomic mass is 9.83. The first kappa shape index (κ1) is 24.8. The maximum atomic E-state index is 12.8. The van der Waals surface area contributed by atoms with Crippen molar-refractivity contribution in [3.05, 3.63) is 59.7 Å². The minimum absolute atomic E-state index is 0.000454. The maximum Gasteiger partial charge on any atom is 0.407 e. The molecule has 4 rings (SSSR count). The average molecular weight is 479 g/mol. The fourth-order valence-corrected chi connectivity index (χ4v) is 5.17. The van der Waals surface area contributed by atoms with Crippen LogP contribution in [0.4, 0.5) is 4.79 Å². The van der Waals surface area contributed by atoms with Crippen LogP contribution in [-0.4, -0.2) is 42.3 Å². The van der Waals surface area contributed by atoms with Crippen LogP contribution >= 0.6 is 0 Å². The van der Waals surface area contributed by atoms with Crippen molar-refractivity contribution in [2.45, 2.75) is 57.9 Å². The Morgan fingerprint density at radius 2 is 1.63 bits per heavy atom. The number of carbonyl (C=O) groups excluding carboxylic acids is 2. The molecule has 0 heterocycles. The molecule has 1 fully saturated rings. The number of nitrogens with one attached hydrogen (secondary N) is 2. The first-order valence-electron chi connectivity index (χ1n) is 12.4. The van der Waals surface area contributed by atoms with Crippen molar-refractivity contribution in [3.8, 4) is 11.1 Å². The Hall–Kier alpha value is -3.35. The Balaban J connectivity index is 1.24. The van der Waals surface area contributed by atoms with Crippen LogP contribution in [0.2, 0.25) is 0 Å². The van der Waals surface area contributed by atoms with Gasteiger partial charge in [0.05, 0.1) is 5.92 Å². The fraction of sp³-hybridized carbons (Fsp3) is 0.464. The fourth-order valence-electron chi connectivity index (χ4n) is 5.17. The standard InChI is InChI=1S/C28H34N2O5/c1-28(2,26(33)30-19-9-7-8-18(16-19)25(31)32)14-15-29-27(34)35-17-24-22-12-5-3-10-20(22)21-11-4-6-13-23(21)24/h3-6,10-13,18-19,24H,7-9,14-17H2,1-2H3,(H,29,34)(H,30,33)(H,31,32)/t18-,19+/m1/s1. The van der Waals surface area contributed by atoms with E-state index in [-0.39, 0.29) is 24.5 Å². The van der Waals surface area contributed by atoms with Gasteiger partial charge in [0.15, 0.2) is 0 Å². The molecule has 2 aromatic rings. The number of carbonyl (C=O) groups is 3. The SMILES string of the molecule is CC(C)(CCNC(=O)OCC1c2ccccc2-c2ccccc21)C(=O)N[C@H]1CCC[C@@H](C(=O)O)C1. The van der Waals surface area contributed by atoms with Gasteiger partial charge < -0.3 is 20.5 Å². The summed E-state index contributed by atoms with van der Waals surface area (Å²) in [4.78, 5) is 36.5. The summed E-state index contributed by atoms with van der Waals surface area (Å²) in [6, 6.07) is 16.3. The molecule has 186 valence electrons. The number of fused-ring (bicyclic) bond motifs is 3. The van der Waals surface area contributed by atoms with Crippen molar-refractivity contribution in [3.63, 3.8) is 0 Å². The van der Waals surface area contributed by atoms with Gasteiger partial charge in [-0.3, -0.25) is 9.59 Å². The monoisotopic (exact) mass is 478 g/mol. The third-order valence-corrected chi connectivity index (χ3v) is 7.34. The van der Waals surface area contributed by atoms with Crippen molar-refractivity contribution in [2.24, 2.45) is 11.3 Å². The maximum absolute atomic E-state index is 12.8. The summed E-state index contributed by atoms with van der Waals surface area (Å²) < 4.78 is 5.56. The molecule has 0 bridgehead atoms. The molecule has 1 saturated carbocycles. The van der Waals surface area contributed by atoms with Gasteiger partial charge in [0, 0.05) is 23.9 Å². The van der Waals surface area contributed by atoms with Crippen LogP contribution in [0, 0.1) is 11.3 Å². The molecule has 0 unspecified atom stereocenters. The number of carboxylic acid groups (broad SMARTS) is 1. The number of hydrogen-bond acceptors (Lipinski definition) is 4. The van der Waals surface area contributed by atoms with E-state index in [9.17, 15) is 19.5 Å². The number of amides is 2. The zero-order valence-corrected chi connectivity index (χ0v) is 20.4. The lowest BCUT2D eigenvalue weighted by Gasteiger charge is -2.31. The Labute approximate surface area is 206 Å². The highest BCUT2D eigenvalue weighted by atomic mass is 16.5. The summed E-state index contributed by atoms with van der Waals surface area (Å²) in [6.07, 6.45) is 2.66. The van der Waals surface area contributed by atoms with Crippen molar-refractivity contribution in [2.75, 3.05) is 13.2 Å². The largest absolute Gasteiger partial charge is 0.481 e. The summed E-state index contributed by atoms with van der Waals surface area (Å²) in [5.74, 6) is -1.31. The summed E-state index contributed by atoms with van der Waals surface area (Å²) in [5.41, 5.74) is 3.97. The quantitative estimate of drug-likeness (QED) is 0.510. The van der Waals surface area contributed by atoms with Gasteiger partial charge in [-0.15, -0.1) is 0 Å². The minimum atomic E-state index is -0.796. The van der Waals surface area contributed by atoms with Crippen LogP contribution < -0.4 is 10.6 Å². The number of ether oxygens (including phenoxy) is 1. The van der Waals surface area contributed by atoms with Crippen LogP contribution in [-0.2, 0) is 14.3 Å². The molecule has 7 heteroatoms. The molecule has 2 aliphatic rings. The van der Waals surface area contributed by atoms with E-state index in [1.807, 2.05) is 38.1 Å². The lowest BCUT2D eigenvalue weighted by molar-refractivity contribution is -0.143. The van der Waals surface area contributed by atoms with Gasteiger partial charge in [-0.1, -0.05) is 68.8 Å². The van der Waals surface area contributed by atoms with E-state index in [2.05, 4.69) is 34.9 Å². The normalized spacial score (nSPS) is 19.4. The molecule has 2 aliphatic carbocycles. The van der Waals surface area contributed by atoms with Crippen LogP contribution in [0.5, 0.6) is 0 Å². The molecule has 35 heavy (non-hydrogen) atoms. The minimum Gasteiger partial charge on any atom is -0.481 e. The summed E-state index contributed by atoms with van der Waals surface area (Å²) >= 11 is 0. The summed E-state index contributed by atoms with van der Waals surface area (Å²) in [6.45, 7) is 4.22. The molecule has 2 atom stereocenters. The lowest BCUT2D eigenvalue weighted by Crippen LogP contribution is -2.46. The number of benzene rings is 2. The van der Waals surface area contributed by atoms with Crippen molar-refractivity contribution in [1.82, 2.24) is 10.6 Å². The van der Waals surface area contributed by atoms with Crippen LogP contribution in [0.15, 0.2) is 48.5 Å². The van der Waals surface area contributed by atoms with Gasteiger partial charge >= 0.3 is 12.1 Å². The number of carboxylic acids is 1. The van der Waals surface area contributed by atoms with Gasteiger partial charge in [0.2, 0.25) is 5.91 Å². The van der Waals surface area contributed by atoms with E-state index in [0.29, 0.717) is 25.8 Å². The summed E-state index contributed by atoms with van der Waals surface area (Å²) in [7, 11) is 0. The van der Waals surface area contributed by atoms with E-state index in [4.69, 9.17) is 4.74 Å². The topological polar surface area (TPSA) is 105 Å². The van der Waals surface area contributed by atoms with E-state index < -0.39 is 23.4 Å². The van der Waals surface area contributed by atoms with Gasteiger partial charge in [0.25, 0.3) is 0 Å². The molecule has 0 aliphatic heterocycles. The highest BCUT2D eigenvalue weighted by Gasteiger charge is 2.33. The number of hydrogen-bond donors (Lipinski definition) is 3. The Kier molecular flexibility index (Phi) is 7.43. The Morgan fingerprint density at radius 1 is 1.00 bits per heavy atom. The molecule has 2 aromatic carbocycles. The molecule has 3 N–H and O–H groups in total. The van der Waals surface area contributed by atoms with Crippen LogP contribution in [0.25, 0.3) is 11.1 Å². The number of rotatable bonds is 8. The Morgan fingerprint density at radius 3 is 2.26 bits per heavy atom. The van der Waals surface area contributed by atoms with Gasteiger partial charge in [-0.25, -0.2) is 4.79 Å².